The van der Waals surface area contributed by atoms with Crippen molar-refractivity contribution >= 4 is 30.3 Å². The van der Waals surface area contributed by atoms with Crippen LogP contribution in [0.1, 0.15) is 12.0 Å². The summed E-state index contributed by atoms with van der Waals surface area (Å²) in [7, 11) is 1.49. The van der Waals surface area contributed by atoms with Gasteiger partial charge in [-0.25, -0.2) is 0 Å². The summed E-state index contributed by atoms with van der Waals surface area (Å²) in [4.78, 5) is 0. The Bertz CT molecular complexity index is 274. The summed E-state index contributed by atoms with van der Waals surface area (Å²) in [5.41, 5.74) is 1.16. The van der Waals surface area contributed by atoms with Gasteiger partial charge in [0.05, 0.1) is 12.7 Å². The molecule has 0 aromatic heterocycles. The molecule has 1 aromatic carbocycles. The van der Waals surface area contributed by atoms with Gasteiger partial charge in [0.2, 0.25) is 0 Å². The van der Waals surface area contributed by atoms with E-state index in [1.165, 1.54) is 9.12 Å². The summed E-state index contributed by atoms with van der Waals surface area (Å²) >= 11 is 2.14. The maximum atomic E-state index is 9.52. The third-order valence-electron chi connectivity index (χ3n) is 2.08. The third-order valence-corrected chi connectivity index (χ3v) is 3.29. The molecule has 0 aliphatic carbocycles. The number of aliphatic hydroxyl groups excluding tert-OH is 1. The highest BCUT2D eigenvalue weighted by molar-refractivity contribution is 14.2. The van der Waals surface area contributed by atoms with E-state index in [0.29, 0.717) is 26.2 Å². The Morgan fingerprint density at radius 2 is 2.12 bits per heavy atom. The maximum Gasteiger partial charge on any atom is 0.0716 e. The molecule has 1 rings (SSSR count). The summed E-state index contributed by atoms with van der Waals surface area (Å²) in [6, 6.07) is 10.0. The summed E-state index contributed by atoms with van der Waals surface area (Å²) < 4.78 is 8.48. The number of rotatable bonds is 8. The summed E-state index contributed by atoms with van der Waals surface area (Å²) in [5, 5.41) is 9.52. The van der Waals surface area contributed by atoms with Gasteiger partial charge >= 0.3 is 0 Å². The van der Waals surface area contributed by atoms with E-state index >= 15 is 0 Å². The van der Waals surface area contributed by atoms with Crippen molar-refractivity contribution in [3.63, 3.8) is 0 Å². The fraction of sp³-hybridized carbons (Fsp3) is 0.455. The molecule has 0 saturated carbocycles. The van der Waals surface area contributed by atoms with Crippen molar-refractivity contribution in [2.45, 2.75) is 19.1 Å². The molecule has 1 unspecified atom stereocenters. The Morgan fingerprint density at radius 3 is 2.81 bits per heavy atom. The van der Waals surface area contributed by atoms with Gasteiger partial charge in [-0.05, 0) is 21.1 Å². The second-order valence-electron chi connectivity index (χ2n) is 3.41. The van der Waals surface area contributed by atoms with Crippen LogP contribution >= 0.6 is 30.3 Å². The van der Waals surface area contributed by atoms with Gasteiger partial charge in [-0.1, -0.05) is 30.3 Å². The van der Waals surface area contributed by atoms with E-state index in [2.05, 4.69) is 25.9 Å². The Kier molecular flexibility index (Phi) is 8.22. The lowest BCUT2D eigenvalue weighted by molar-refractivity contribution is 0.0755. The molecular weight excluding hydrogens is 337 g/mol. The summed E-state index contributed by atoms with van der Waals surface area (Å²) in [5.74, 6) is 0. The Hall–Kier alpha value is 0.180. The van der Waals surface area contributed by atoms with E-state index in [4.69, 9.17) is 4.74 Å². The topological polar surface area (TPSA) is 41.5 Å². The van der Waals surface area contributed by atoms with E-state index in [9.17, 15) is 5.11 Å². The van der Waals surface area contributed by atoms with Crippen molar-refractivity contribution in [2.24, 2.45) is 0 Å². The monoisotopic (exact) mass is 353 g/mol. The molecule has 90 valence electrons. The van der Waals surface area contributed by atoms with Crippen LogP contribution in [-0.2, 0) is 11.3 Å². The fourth-order valence-electron chi connectivity index (χ4n) is 1.21. The summed E-state index contributed by atoms with van der Waals surface area (Å²) in [6.45, 7) is 1.80. The van der Waals surface area contributed by atoms with Crippen LogP contribution in [0, 0.1) is 0 Å². The van der Waals surface area contributed by atoms with Gasteiger partial charge in [0.25, 0.3) is 0 Å². The van der Waals surface area contributed by atoms with Gasteiger partial charge in [0.15, 0.2) is 0 Å². The zero-order chi connectivity index (χ0) is 11.6. The number of ether oxygens (including phenoxy) is 1. The van der Waals surface area contributed by atoms with Crippen molar-refractivity contribution in [1.82, 2.24) is 4.72 Å². The fourth-order valence-corrected chi connectivity index (χ4v) is 2.01. The van der Waals surface area contributed by atoms with E-state index < -0.39 is 0 Å². The van der Waals surface area contributed by atoms with E-state index in [1.54, 1.807) is 0 Å². The van der Waals surface area contributed by atoms with Crippen molar-refractivity contribution in [1.29, 1.82) is 0 Å². The van der Waals surface area contributed by atoms with Gasteiger partial charge in [-0.15, -0.1) is 0 Å². The van der Waals surface area contributed by atoms with E-state index in [1.807, 2.05) is 30.3 Å². The Labute approximate surface area is 113 Å². The largest absolute Gasteiger partial charge is 0.392 e. The first-order valence-electron chi connectivity index (χ1n) is 5.13. The van der Waals surface area contributed by atoms with Gasteiger partial charge in [0.1, 0.15) is 0 Å². The first kappa shape index (κ1) is 14.2. The molecule has 16 heavy (non-hydrogen) atoms. The molecule has 1 aromatic rings. The first-order chi connectivity index (χ1) is 7.83. The smallest absolute Gasteiger partial charge is 0.0716 e. The van der Waals surface area contributed by atoms with E-state index in [0.717, 1.165) is 5.56 Å². The zero-order valence-corrected chi connectivity index (χ0v) is 11.9. The zero-order valence-electron chi connectivity index (χ0n) is 8.93. The number of aliphatic hydroxyl groups is 1. The van der Waals surface area contributed by atoms with Crippen LogP contribution in [0.4, 0.5) is 0 Å². The number of halogens is 1. The highest BCUT2D eigenvalue weighted by atomic mass is 127. The van der Waals surface area contributed by atoms with Crippen LogP contribution in [-0.4, -0.2) is 24.4 Å². The van der Waals surface area contributed by atoms with Crippen LogP contribution in [0.15, 0.2) is 30.3 Å². The van der Waals surface area contributed by atoms with E-state index in [-0.39, 0.29) is 6.10 Å². The van der Waals surface area contributed by atoms with Gasteiger partial charge in [-0.2, -0.15) is 0 Å². The molecule has 1 atom stereocenters. The Morgan fingerprint density at radius 1 is 1.38 bits per heavy atom. The molecule has 0 aliphatic rings. The highest BCUT2D eigenvalue weighted by Crippen LogP contribution is 2.05. The van der Waals surface area contributed by atoms with Crippen LogP contribution in [0.2, 0.25) is 0 Å². The van der Waals surface area contributed by atoms with Crippen molar-refractivity contribution in [3.05, 3.63) is 35.9 Å². The number of nitrogens with one attached hydrogen (secondary N) is 1. The molecule has 3 nitrogen and oxygen atoms in total. The molecule has 0 spiro atoms. The van der Waals surface area contributed by atoms with Crippen molar-refractivity contribution in [3.8, 4) is 0 Å². The van der Waals surface area contributed by atoms with Crippen LogP contribution in [0.3, 0.4) is 0 Å². The van der Waals surface area contributed by atoms with Gasteiger partial charge in [-0.3, -0.25) is 4.72 Å². The van der Waals surface area contributed by atoms with Crippen molar-refractivity contribution < 1.29 is 9.84 Å². The highest BCUT2D eigenvalue weighted by Gasteiger charge is 2.02. The molecule has 5 heteroatoms. The second-order valence-corrected chi connectivity index (χ2v) is 5.17. The molecule has 0 aliphatic heterocycles. The minimum absolute atomic E-state index is 0.335. The minimum Gasteiger partial charge on any atom is -0.392 e. The third kappa shape index (κ3) is 6.70. The maximum absolute atomic E-state index is 9.52. The predicted octanol–water partition coefficient (Wildman–Crippen LogP) is 2.54. The number of benzene rings is 1. The van der Waals surface area contributed by atoms with Crippen LogP contribution in [0.5, 0.6) is 0 Å². The lowest BCUT2D eigenvalue weighted by Crippen LogP contribution is -2.22. The second kappa shape index (κ2) is 9.23. The molecule has 0 heterocycles. The molecule has 0 amide bonds. The molecule has 0 saturated heterocycles. The predicted molar refractivity (Wildman–Crippen MR) is 76.3 cm³/mol. The van der Waals surface area contributed by atoms with Gasteiger partial charge in [0, 0.05) is 34.4 Å². The number of hydrogen-bond donors (Lipinski definition) is 2. The summed E-state index contributed by atoms with van der Waals surface area (Å²) in [6.07, 6.45) is 0.329. The first-order valence-corrected chi connectivity index (χ1v) is 8.49. The SMILES string of the molecule is OC(CCOCc1ccccc1)CNSI. The normalized spacial score (nSPS) is 12.6. The minimum atomic E-state index is -0.335. The molecule has 0 fully saturated rings. The average molecular weight is 353 g/mol. The average Bonchev–Trinajstić information content (AvgIpc) is 2.33. The van der Waals surface area contributed by atoms with Crippen molar-refractivity contribution in [2.75, 3.05) is 13.2 Å². The molecule has 0 bridgehead atoms. The standard InChI is InChI=1S/C11H16INO2S/c12-16-13-8-11(14)6-7-15-9-10-4-2-1-3-5-10/h1-5,11,13-14H,6-9H2. The molecular formula is C11H16INO2S. The quantitative estimate of drug-likeness (QED) is 0.428. The molecule has 0 radical (unpaired) electrons. The van der Waals surface area contributed by atoms with Gasteiger partial charge < -0.3 is 9.84 Å². The molecule has 2 N–H and O–H groups in total. The lowest BCUT2D eigenvalue weighted by atomic mass is 10.2. The van der Waals surface area contributed by atoms with Crippen LogP contribution < -0.4 is 4.72 Å². The Balaban J connectivity index is 2.03. The lowest BCUT2D eigenvalue weighted by Gasteiger charge is -2.10. The van der Waals surface area contributed by atoms with Crippen LogP contribution in [0.25, 0.3) is 0 Å². The number of hydrogen-bond acceptors (Lipinski definition) is 4.